The number of ether oxygens (including phenoxy) is 1. The zero-order valence-electron chi connectivity index (χ0n) is 14.5. The van der Waals surface area contributed by atoms with E-state index in [-0.39, 0.29) is 5.91 Å². The summed E-state index contributed by atoms with van der Waals surface area (Å²) in [7, 11) is 1.60. The third-order valence-corrected chi connectivity index (χ3v) is 5.06. The predicted molar refractivity (Wildman–Crippen MR) is 111 cm³/mol. The van der Waals surface area contributed by atoms with Crippen LogP contribution < -0.4 is 10.1 Å². The number of hydrogen-bond acceptors (Lipinski definition) is 2. The number of carbonyl (C=O) groups is 1. The fraction of sp³-hybridized carbons (Fsp3) is 0.250. The lowest BCUT2D eigenvalue weighted by atomic mass is 9.97. The number of amides is 1. The molecule has 0 saturated heterocycles. The van der Waals surface area contributed by atoms with Crippen LogP contribution in [0.25, 0.3) is 6.08 Å². The maximum absolute atomic E-state index is 12.4. The van der Waals surface area contributed by atoms with E-state index in [1.807, 2.05) is 30.3 Å². The molecular weight excluding hydrogens is 446 g/mol. The van der Waals surface area contributed by atoms with Crippen LogP contribution in [0.4, 0.5) is 5.69 Å². The van der Waals surface area contributed by atoms with Crippen molar-refractivity contribution in [1.29, 1.82) is 0 Å². The van der Waals surface area contributed by atoms with Crippen molar-refractivity contribution in [2.75, 3.05) is 12.4 Å². The van der Waals surface area contributed by atoms with E-state index in [0.29, 0.717) is 11.7 Å². The first-order valence-corrected chi connectivity index (χ1v) is 9.65. The monoisotopic (exact) mass is 465 g/mol. The number of halogens is 2. The quantitative estimate of drug-likeness (QED) is 0.501. The second kappa shape index (κ2) is 9.20. The minimum atomic E-state index is -0.172. The van der Waals surface area contributed by atoms with Crippen LogP contribution in [0.3, 0.4) is 0 Å². The molecule has 132 valence electrons. The van der Waals surface area contributed by atoms with Gasteiger partial charge in [0.15, 0.2) is 0 Å². The van der Waals surface area contributed by atoms with Gasteiger partial charge in [-0.3, -0.25) is 4.79 Å². The first-order valence-electron chi connectivity index (χ1n) is 8.07. The maximum atomic E-state index is 12.4. The van der Waals surface area contributed by atoms with E-state index in [2.05, 4.69) is 57.1 Å². The Balaban J connectivity index is 2.20. The number of methoxy groups -OCH3 is 1. The Hall–Kier alpha value is -1.59. The lowest BCUT2D eigenvalue weighted by Crippen LogP contribution is -2.10. The molecule has 2 aromatic rings. The Kier molecular flexibility index (Phi) is 7.26. The Labute approximate surface area is 165 Å². The van der Waals surface area contributed by atoms with Crippen LogP contribution >= 0.6 is 31.9 Å². The minimum Gasteiger partial charge on any atom is -0.495 e. The van der Waals surface area contributed by atoms with Crippen LogP contribution in [-0.2, 0) is 4.79 Å². The highest BCUT2D eigenvalue weighted by Crippen LogP contribution is 2.33. The summed E-state index contributed by atoms with van der Waals surface area (Å²) in [5.41, 5.74) is 2.82. The molecule has 2 rings (SSSR count). The minimum absolute atomic E-state index is 0.172. The average molecular weight is 467 g/mol. The highest BCUT2D eigenvalue weighted by Gasteiger charge is 2.11. The first kappa shape index (κ1) is 19.7. The van der Waals surface area contributed by atoms with E-state index in [0.717, 1.165) is 32.2 Å². The lowest BCUT2D eigenvalue weighted by Gasteiger charge is -2.14. The molecule has 5 heteroatoms. The van der Waals surface area contributed by atoms with Crippen molar-refractivity contribution in [3.05, 3.63) is 62.5 Å². The number of anilines is 1. The van der Waals surface area contributed by atoms with Gasteiger partial charge in [0, 0.05) is 21.8 Å². The third kappa shape index (κ3) is 5.19. The van der Waals surface area contributed by atoms with E-state index >= 15 is 0 Å². The second-order valence-electron chi connectivity index (χ2n) is 5.73. The van der Waals surface area contributed by atoms with Gasteiger partial charge in [-0.1, -0.05) is 48.0 Å². The van der Waals surface area contributed by atoms with Crippen molar-refractivity contribution >= 4 is 49.5 Å². The molecule has 0 aromatic heterocycles. The number of benzene rings is 2. The van der Waals surface area contributed by atoms with Gasteiger partial charge < -0.3 is 10.1 Å². The lowest BCUT2D eigenvalue weighted by molar-refractivity contribution is -0.111. The summed E-state index contributed by atoms with van der Waals surface area (Å²) in [6, 6.07) is 11.7. The van der Waals surface area contributed by atoms with E-state index in [9.17, 15) is 4.79 Å². The van der Waals surface area contributed by atoms with E-state index in [1.165, 1.54) is 6.08 Å². The van der Waals surface area contributed by atoms with E-state index in [1.54, 1.807) is 13.2 Å². The molecule has 0 aliphatic heterocycles. The first-order chi connectivity index (χ1) is 12.0. The van der Waals surface area contributed by atoms with Crippen molar-refractivity contribution in [2.45, 2.75) is 26.2 Å². The van der Waals surface area contributed by atoms with Crippen molar-refractivity contribution in [3.63, 3.8) is 0 Å². The highest BCUT2D eigenvalue weighted by atomic mass is 79.9. The molecule has 0 aliphatic rings. The van der Waals surface area contributed by atoms with Crippen LogP contribution in [0.5, 0.6) is 5.75 Å². The van der Waals surface area contributed by atoms with Gasteiger partial charge in [-0.25, -0.2) is 0 Å². The molecule has 3 nitrogen and oxygen atoms in total. The van der Waals surface area contributed by atoms with Crippen molar-refractivity contribution < 1.29 is 9.53 Å². The SMILES string of the molecule is CCC(C)c1ccccc1NC(=O)C=Cc1cc(Br)cc(Br)c1OC. The zero-order chi connectivity index (χ0) is 18.4. The molecule has 25 heavy (non-hydrogen) atoms. The number of carbonyl (C=O) groups excluding carboxylic acids is 1. The summed E-state index contributed by atoms with van der Waals surface area (Å²) in [4.78, 5) is 12.4. The number of nitrogens with one attached hydrogen (secondary N) is 1. The molecule has 1 atom stereocenters. The number of rotatable bonds is 6. The number of hydrogen-bond donors (Lipinski definition) is 1. The van der Waals surface area contributed by atoms with Gasteiger partial charge in [-0.05, 0) is 58.1 Å². The van der Waals surface area contributed by atoms with Gasteiger partial charge in [0.1, 0.15) is 5.75 Å². The van der Waals surface area contributed by atoms with Crippen molar-refractivity contribution in [3.8, 4) is 5.75 Å². The third-order valence-electron chi connectivity index (χ3n) is 4.02. The molecule has 1 amide bonds. The Morgan fingerprint density at radius 1 is 1.28 bits per heavy atom. The molecule has 0 aliphatic carbocycles. The Morgan fingerprint density at radius 3 is 2.68 bits per heavy atom. The van der Waals surface area contributed by atoms with Gasteiger partial charge in [-0.2, -0.15) is 0 Å². The Bertz CT molecular complexity index is 787. The summed E-state index contributed by atoms with van der Waals surface area (Å²) in [6.07, 6.45) is 4.28. The Morgan fingerprint density at radius 2 is 2.00 bits per heavy atom. The average Bonchev–Trinajstić information content (AvgIpc) is 2.59. The fourth-order valence-electron chi connectivity index (χ4n) is 2.52. The molecule has 0 radical (unpaired) electrons. The van der Waals surface area contributed by atoms with Crippen LogP contribution in [0.2, 0.25) is 0 Å². The maximum Gasteiger partial charge on any atom is 0.248 e. The van der Waals surface area contributed by atoms with E-state index in [4.69, 9.17) is 4.74 Å². The smallest absolute Gasteiger partial charge is 0.248 e. The summed E-state index contributed by atoms with van der Waals surface area (Å²) < 4.78 is 7.13. The van der Waals surface area contributed by atoms with Crippen LogP contribution in [-0.4, -0.2) is 13.0 Å². The second-order valence-corrected chi connectivity index (χ2v) is 7.50. The molecular formula is C20H21Br2NO2. The summed E-state index contributed by atoms with van der Waals surface area (Å²) >= 11 is 6.91. The molecule has 0 saturated carbocycles. The van der Waals surface area contributed by atoms with Crippen LogP contribution in [0.1, 0.15) is 37.3 Å². The van der Waals surface area contributed by atoms with Crippen LogP contribution in [0, 0.1) is 0 Å². The van der Waals surface area contributed by atoms with Crippen molar-refractivity contribution in [1.82, 2.24) is 0 Å². The van der Waals surface area contributed by atoms with Gasteiger partial charge >= 0.3 is 0 Å². The van der Waals surface area contributed by atoms with Gasteiger partial charge in [-0.15, -0.1) is 0 Å². The van der Waals surface area contributed by atoms with E-state index < -0.39 is 0 Å². The standard InChI is InChI=1S/C20H21Br2NO2/c1-4-13(2)16-7-5-6-8-18(16)23-19(24)10-9-14-11-15(21)12-17(22)20(14)25-3/h5-13H,4H2,1-3H3,(H,23,24). The van der Waals surface area contributed by atoms with Gasteiger partial charge in [0.2, 0.25) is 5.91 Å². The molecule has 1 unspecified atom stereocenters. The summed E-state index contributed by atoms with van der Waals surface area (Å²) in [5.74, 6) is 0.905. The molecule has 2 aromatic carbocycles. The molecule has 0 heterocycles. The molecule has 1 N–H and O–H groups in total. The zero-order valence-corrected chi connectivity index (χ0v) is 17.6. The van der Waals surface area contributed by atoms with Gasteiger partial charge in [0.05, 0.1) is 11.6 Å². The highest BCUT2D eigenvalue weighted by molar-refractivity contribution is 9.11. The molecule has 0 spiro atoms. The molecule has 0 bridgehead atoms. The fourth-order valence-corrected chi connectivity index (χ4v) is 3.94. The normalized spacial score (nSPS) is 12.2. The summed E-state index contributed by atoms with van der Waals surface area (Å²) in [6.45, 7) is 4.30. The topological polar surface area (TPSA) is 38.3 Å². The predicted octanol–water partition coefficient (Wildman–Crippen LogP) is 6.39. The van der Waals surface area contributed by atoms with Crippen LogP contribution in [0.15, 0.2) is 51.4 Å². The number of para-hydroxylation sites is 1. The largest absolute Gasteiger partial charge is 0.495 e. The van der Waals surface area contributed by atoms with Gasteiger partial charge in [0.25, 0.3) is 0 Å². The molecule has 0 fully saturated rings. The van der Waals surface area contributed by atoms with Crippen molar-refractivity contribution in [2.24, 2.45) is 0 Å². The summed E-state index contributed by atoms with van der Waals surface area (Å²) in [5, 5.41) is 2.97.